The first kappa shape index (κ1) is 25.0. The van der Waals surface area contributed by atoms with Gasteiger partial charge in [0.15, 0.2) is 0 Å². The molecule has 0 aliphatic rings. The van der Waals surface area contributed by atoms with Crippen LogP contribution in [0.5, 0.6) is 0 Å². The molecule has 4 atom stereocenters. The van der Waals surface area contributed by atoms with E-state index in [1.807, 2.05) is 0 Å². The van der Waals surface area contributed by atoms with Gasteiger partial charge in [-0.15, -0.1) is 0 Å². The van der Waals surface area contributed by atoms with Gasteiger partial charge in [0.05, 0.1) is 24.9 Å². The predicted octanol–water partition coefficient (Wildman–Crippen LogP) is 3.53. The summed E-state index contributed by atoms with van der Waals surface area (Å²) in [6, 6.07) is -0.853. The fourth-order valence-corrected chi connectivity index (χ4v) is 3.25. The second-order valence-electron chi connectivity index (χ2n) is 6.98. The highest BCUT2D eigenvalue weighted by atomic mass is 31.1. The summed E-state index contributed by atoms with van der Waals surface area (Å²) in [5.41, 5.74) is 5.63. The van der Waals surface area contributed by atoms with Crippen LogP contribution in [0.4, 0.5) is 0 Å². The van der Waals surface area contributed by atoms with Gasteiger partial charge in [-0.1, -0.05) is 84.0 Å². The van der Waals surface area contributed by atoms with Crippen LogP contribution >= 0.6 is 8.25 Å². The van der Waals surface area contributed by atoms with Crippen LogP contribution in [0.15, 0.2) is 0 Å². The molecule has 3 unspecified atom stereocenters. The zero-order chi connectivity index (χ0) is 18.9. The quantitative estimate of drug-likeness (QED) is 0.213. The first-order valence-corrected chi connectivity index (χ1v) is 11.2. The maximum absolute atomic E-state index is 10.5. The fourth-order valence-electron chi connectivity index (χ4n) is 2.92. The van der Waals surface area contributed by atoms with E-state index in [0.29, 0.717) is 6.42 Å². The Morgan fingerprint density at radius 2 is 1.32 bits per heavy atom. The molecule has 0 aliphatic carbocycles. The number of rotatable bonds is 18. The van der Waals surface area contributed by atoms with E-state index in [0.717, 1.165) is 19.3 Å². The average molecular weight is 381 g/mol. The van der Waals surface area contributed by atoms with E-state index in [-0.39, 0.29) is 6.61 Å². The Balaban J connectivity index is 3.44. The van der Waals surface area contributed by atoms with Gasteiger partial charge < -0.3 is 25.4 Å². The molecule has 0 rings (SSSR count). The summed E-state index contributed by atoms with van der Waals surface area (Å²) in [6.07, 6.45) is 13.4. The van der Waals surface area contributed by atoms with Gasteiger partial charge in [-0.2, -0.15) is 0 Å². The normalized spacial score (nSPS) is 16.5. The Labute approximate surface area is 154 Å². The van der Waals surface area contributed by atoms with Crippen LogP contribution < -0.4 is 5.73 Å². The summed E-state index contributed by atoms with van der Waals surface area (Å²) >= 11 is 0. The van der Waals surface area contributed by atoms with Crippen LogP contribution in [0.2, 0.25) is 0 Å². The minimum absolute atomic E-state index is 0.231. The molecular formula is C18H40NO5P. The summed E-state index contributed by atoms with van der Waals surface area (Å²) in [4.78, 5) is 8.57. The van der Waals surface area contributed by atoms with Crippen molar-refractivity contribution in [1.29, 1.82) is 0 Å². The molecule has 0 aromatic carbocycles. The number of hydrogen-bond acceptors (Lipinski definition) is 5. The van der Waals surface area contributed by atoms with Crippen molar-refractivity contribution >= 4 is 8.25 Å². The van der Waals surface area contributed by atoms with Crippen molar-refractivity contribution < 1.29 is 24.2 Å². The fraction of sp³-hybridized carbons (Fsp3) is 1.00. The van der Waals surface area contributed by atoms with Crippen molar-refractivity contribution in [2.45, 2.75) is 109 Å². The van der Waals surface area contributed by atoms with Crippen LogP contribution in [0.25, 0.3) is 0 Å². The number of unbranched alkanes of at least 4 members (excludes halogenated alkanes) is 11. The smallest absolute Gasteiger partial charge is 0.316 e. The zero-order valence-corrected chi connectivity index (χ0v) is 16.9. The third-order valence-electron chi connectivity index (χ3n) is 4.59. The van der Waals surface area contributed by atoms with E-state index in [9.17, 15) is 14.8 Å². The minimum atomic E-state index is -3.05. The lowest BCUT2D eigenvalue weighted by Crippen LogP contribution is -2.45. The van der Waals surface area contributed by atoms with Crippen molar-refractivity contribution in [2.24, 2.45) is 5.73 Å². The monoisotopic (exact) mass is 381 g/mol. The molecule has 6 nitrogen and oxygen atoms in total. The lowest BCUT2D eigenvalue weighted by atomic mass is 10.00. The van der Waals surface area contributed by atoms with Crippen molar-refractivity contribution in [2.75, 3.05) is 6.61 Å². The van der Waals surface area contributed by atoms with Crippen molar-refractivity contribution in [1.82, 2.24) is 0 Å². The molecule has 0 saturated carbocycles. The average Bonchev–Trinajstić information content (AvgIpc) is 2.59. The molecule has 25 heavy (non-hydrogen) atoms. The van der Waals surface area contributed by atoms with Gasteiger partial charge >= 0.3 is 8.25 Å². The minimum Gasteiger partial charge on any atom is -0.390 e. The SMILES string of the molecule is CCCCCCCCCCCCCCC(O)[C@@H](O)C(N)CO[PH](=O)O. The standard InChI is InChI=1S/C18H40NO5P/c1-2-3-4-5-6-7-8-9-10-11-12-13-14-17(20)18(21)16(19)15-24-25(22)23/h16-18,20-21,25H,2-15,19H2,1H3,(H,22,23)/t16?,17?,18-/m0/s1. The first-order chi connectivity index (χ1) is 12.0. The van der Waals surface area contributed by atoms with Crippen LogP contribution in [-0.2, 0) is 9.09 Å². The highest BCUT2D eigenvalue weighted by molar-refractivity contribution is 7.32. The number of hydrogen-bond donors (Lipinski definition) is 4. The molecule has 5 N–H and O–H groups in total. The van der Waals surface area contributed by atoms with Gasteiger partial charge in [0.25, 0.3) is 0 Å². The molecule has 0 bridgehead atoms. The molecule has 152 valence electrons. The third-order valence-corrected chi connectivity index (χ3v) is 5.00. The maximum atomic E-state index is 10.5. The van der Waals surface area contributed by atoms with Crippen LogP contribution in [0.1, 0.15) is 90.4 Å². The van der Waals surface area contributed by atoms with Gasteiger partial charge in [-0.25, -0.2) is 0 Å². The highest BCUT2D eigenvalue weighted by Gasteiger charge is 2.23. The zero-order valence-electron chi connectivity index (χ0n) is 15.9. The second-order valence-corrected chi connectivity index (χ2v) is 7.80. The van der Waals surface area contributed by atoms with Crippen LogP contribution in [0.3, 0.4) is 0 Å². The Morgan fingerprint density at radius 1 is 0.880 bits per heavy atom. The molecule has 0 spiro atoms. The molecule has 0 fully saturated rings. The number of aliphatic hydroxyl groups excluding tert-OH is 2. The van der Waals surface area contributed by atoms with E-state index < -0.39 is 26.5 Å². The first-order valence-electron chi connectivity index (χ1n) is 9.96. The van der Waals surface area contributed by atoms with E-state index in [2.05, 4.69) is 11.4 Å². The molecule has 0 radical (unpaired) electrons. The Kier molecular flexibility index (Phi) is 17.5. The topological polar surface area (TPSA) is 113 Å². The number of aliphatic hydroxyl groups is 2. The Bertz CT molecular complexity index is 320. The van der Waals surface area contributed by atoms with Gasteiger partial charge in [-0.3, -0.25) is 4.57 Å². The van der Waals surface area contributed by atoms with Crippen molar-refractivity contribution in [3.63, 3.8) is 0 Å². The predicted molar refractivity (Wildman–Crippen MR) is 103 cm³/mol. The molecule has 0 saturated heterocycles. The van der Waals surface area contributed by atoms with Crippen LogP contribution in [0, 0.1) is 0 Å². The summed E-state index contributed by atoms with van der Waals surface area (Å²) in [5, 5.41) is 19.7. The molecular weight excluding hydrogens is 341 g/mol. The molecule has 0 aromatic heterocycles. The van der Waals surface area contributed by atoms with Crippen molar-refractivity contribution in [3.05, 3.63) is 0 Å². The van der Waals surface area contributed by atoms with E-state index in [4.69, 9.17) is 10.6 Å². The Hall–Kier alpha value is 0.0300. The molecule has 0 aromatic rings. The van der Waals surface area contributed by atoms with Crippen molar-refractivity contribution in [3.8, 4) is 0 Å². The van der Waals surface area contributed by atoms with Gasteiger partial charge in [-0.05, 0) is 6.42 Å². The molecule has 0 aliphatic heterocycles. The Morgan fingerprint density at radius 3 is 1.76 bits per heavy atom. The van der Waals surface area contributed by atoms with Gasteiger partial charge in [0.1, 0.15) is 0 Å². The molecule has 0 heterocycles. The molecule has 0 amide bonds. The summed E-state index contributed by atoms with van der Waals surface area (Å²) in [5.74, 6) is 0. The van der Waals surface area contributed by atoms with Gasteiger partial charge in [0.2, 0.25) is 0 Å². The largest absolute Gasteiger partial charge is 0.390 e. The second kappa shape index (κ2) is 17.4. The molecule has 7 heteroatoms. The lowest BCUT2D eigenvalue weighted by Gasteiger charge is -2.23. The summed E-state index contributed by atoms with van der Waals surface area (Å²) in [7, 11) is -3.05. The maximum Gasteiger partial charge on any atom is 0.316 e. The van der Waals surface area contributed by atoms with Crippen LogP contribution in [-0.4, -0.2) is 40.0 Å². The van der Waals surface area contributed by atoms with E-state index in [1.54, 1.807) is 0 Å². The number of nitrogens with two attached hydrogens (primary N) is 1. The lowest BCUT2D eigenvalue weighted by molar-refractivity contribution is -0.0101. The third kappa shape index (κ3) is 16.0. The highest BCUT2D eigenvalue weighted by Crippen LogP contribution is 2.17. The van der Waals surface area contributed by atoms with Gasteiger partial charge in [0, 0.05) is 0 Å². The van der Waals surface area contributed by atoms with E-state index in [1.165, 1.54) is 57.8 Å². The van der Waals surface area contributed by atoms with E-state index >= 15 is 0 Å². The summed E-state index contributed by atoms with van der Waals surface area (Å²) in [6.45, 7) is 2.01. The summed E-state index contributed by atoms with van der Waals surface area (Å²) < 4.78 is 15.0.